The van der Waals surface area contributed by atoms with Gasteiger partial charge in [0.05, 0.1) is 18.7 Å². The summed E-state index contributed by atoms with van der Waals surface area (Å²) in [7, 11) is 0. The Balaban J connectivity index is 1.98. The second-order valence-electron chi connectivity index (χ2n) is 8.32. The highest BCUT2D eigenvalue weighted by molar-refractivity contribution is 5.90. The van der Waals surface area contributed by atoms with Crippen LogP contribution in [0, 0.1) is 0 Å². The van der Waals surface area contributed by atoms with Crippen molar-refractivity contribution in [2.75, 3.05) is 11.5 Å². The van der Waals surface area contributed by atoms with Crippen LogP contribution in [-0.2, 0) is 11.3 Å². The molecule has 180 valence electrons. The number of nitrogens with zero attached hydrogens (tertiary/aromatic N) is 3. The van der Waals surface area contributed by atoms with E-state index in [1.807, 2.05) is 4.90 Å². The van der Waals surface area contributed by atoms with Crippen molar-refractivity contribution in [3.8, 4) is 11.5 Å². The van der Waals surface area contributed by atoms with E-state index in [1.165, 1.54) is 12.4 Å². The number of benzene rings is 2. The van der Waals surface area contributed by atoms with Gasteiger partial charge in [-0.3, -0.25) is 0 Å². The van der Waals surface area contributed by atoms with Crippen molar-refractivity contribution in [2.45, 2.75) is 46.5 Å². The largest absolute Gasteiger partial charge is 0.490 e. The summed E-state index contributed by atoms with van der Waals surface area (Å²) in [5.41, 5.74) is 2.05. The molecule has 0 saturated carbocycles. The van der Waals surface area contributed by atoms with E-state index < -0.39 is 18.2 Å². The van der Waals surface area contributed by atoms with E-state index >= 15 is 0 Å². The maximum absolute atomic E-state index is 12.8. The van der Waals surface area contributed by atoms with Crippen LogP contribution in [0.1, 0.15) is 43.6 Å². The third kappa shape index (κ3) is 6.87. The first-order chi connectivity index (χ1) is 16.2. The minimum Gasteiger partial charge on any atom is -0.490 e. The summed E-state index contributed by atoms with van der Waals surface area (Å²) in [6.07, 6.45) is 4.81. The van der Waals surface area contributed by atoms with E-state index in [0.29, 0.717) is 17.8 Å². The van der Waals surface area contributed by atoms with Gasteiger partial charge in [-0.2, -0.15) is 8.78 Å². The first-order valence-corrected chi connectivity index (χ1v) is 10.7. The normalized spacial score (nSPS) is 11.3. The Labute approximate surface area is 197 Å². The van der Waals surface area contributed by atoms with Gasteiger partial charge in [0.15, 0.2) is 11.5 Å². The first kappa shape index (κ1) is 24.9. The monoisotopic (exact) mass is 471 g/mol. The molecule has 0 fully saturated rings. The number of hydrogen-bond donors (Lipinski definition) is 0. The molecule has 3 rings (SSSR count). The lowest BCUT2D eigenvalue weighted by molar-refractivity contribution is -0.0514. The van der Waals surface area contributed by atoms with Crippen LogP contribution in [0.5, 0.6) is 11.5 Å². The number of ether oxygens (including phenoxy) is 3. The Morgan fingerprint density at radius 2 is 1.65 bits per heavy atom. The molecule has 7 nitrogen and oxygen atoms in total. The molecule has 0 saturated heterocycles. The highest BCUT2D eigenvalue weighted by Crippen LogP contribution is 2.36. The maximum Gasteiger partial charge on any atom is 0.387 e. The molecule has 0 radical (unpaired) electrons. The van der Waals surface area contributed by atoms with Gasteiger partial charge in [-0.05, 0) is 64.1 Å². The molecule has 3 aromatic rings. The van der Waals surface area contributed by atoms with Crippen LogP contribution >= 0.6 is 0 Å². The molecule has 2 aromatic carbocycles. The molecule has 0 spiro atoms. The van der Waals surface area contributed by atoms with Gasteiger partial charge in [0, 0.05) is 35.4 Å². The summed E-state index contributed by atoms with van der Waals surface area (Å²) >= 11 is 0. The van der Waals surface area contributed by atoms with E-state index in [2.05, 4.69) is 14.7 Å². The van der Waals surface area contributed by atoms with Gasteiger partial charge < -0.3 is 19.1 Å². The Morgan fingerprint density at radius 3 is 2.24 bits per heavy atom. The quantitative estimate of drug-likeness (QED) is 0.367. The fourth-order valence-electron chi connectivity index (χ4n) is 3.17. The van der Waals surface area contributed by atoms with Crippen LogP contribution in [0.3, 0.4) is 0 Å². The minimum atomic E-state index is -2.97. The number of hydrogen-bond acceptors (Lipinski definition) is 7. The summed E-state index contributed by atoms with van der Waals surface area (Å²) in [6.45, 7) is 4.87. The molecule has 1 aromatic heterocycles. The predicted molar refractivity (Wildman–Crippen MR) is 124 cm³/mol. The molecule has 0 aliphatic rings. The van der Waals surface area contributed by atoms with Crippen LogP contribution in [0.4, 0.5) is 20.2 Å². The van der Waals surface area contributed by atoms with Crippen LogP contribution < -0.4 is 14.4 Å². The molecule has 1 heterocycles. The molecular weight excluding hydrogens is 444 g/mol. The summed E-state index contributed by atoms with van der Waals surface area (Å²) in [5.74, 6) is -0.280. The van der Waals surface area contributed by atoms with Gasteiger partial charge in [-0.15, -0.1) is 0 Å². The van der Waals surface area contributed by atoms with Crippen molar-refractivity contribution >= 4 is 17.3 Å². The highest BCUT2D eigenvalue weighted by atomic mass is 19.3. The van der Waals surface area contributed by atoms with E-state index in [9.17, 15) is 13.6 Å². The minimum absolute atomic E-state index is 0.0520. The lowest BCUT2D eigenvalue weighted by Crippen LogP contribution is -2.24. The number of alkyl halides is 2. The van der Waals surface area contributed by atoms with Gasteiger partial charge in [0.25, 0.3) is 0 Å². The SMILES string of the molecule is CCOc1cc(N(Cc2cncnc2)c2ccc(C(=O)OC(C)(C)C)cc2)ccc1OC(F)F. The Morgan fingerprint density at radius 1 is 1.00 bits per heavy atom. The number of anilines is 2. The Bertz CT molecular complexity index is 1090. The van der Waals surface area contributed by atoms with Crippen molar-refractivity contribution < 1.29 is 27.8 Å². The van der Waals surface area contributed by atoms with Gasteiger partial charge in [-0.1, -0.05) is 0 Å². The topological polar surface area (TPSA) is 73.8 Å². The number of carbonyl (C=O) groups is 1. The molecule has 9 heteroatoms. The predicted octanol–water partition coefficient (Wildman–Crippen LogP) is 5.77. The average Bonchev–Trinajstić information content (AvgIpc) is 2.78. The van der Waals surface area contributed by atoms with E-state index in [0.717, 1.165) is 11.3 Å². The number of aromatic nitrogens is 2. The second-order valence-corrected chi connectivity index (χ2v) is 8.32. The van der Waals surface area contributed by atoms with Gasteiger partial charge in [-0.25, -0.2) is 14.8 Å². The molecule has 0 aliphatic heterocycles. The number of esters is 1. The Hall–Kier alpha value is -3.75. The van der Waals surface area contributed by atoms with Gasteiger partial charge in [0.2, 0.25) is 0 Å². The van der Waals surface area contributed by atoms with Gasteiger partial charge in [0.1, 0.15) is 11.9 Å². The van der Waals surface area contributed by atoms with E-state index in [1.54, 1.807) is 76.5 Å². The molecule has 34 heavy (non-hydrogen) atoms. The first-order valence-electron chi connectivity index (χ1n) is 10.7. The second kappa shape index (κ2) is 10.9. The molecule has 0 atom stereocenters. The third-order valence-corrected chi connectivity index (χ3v) is 4.52. The lowest BCUT2D eigenvalue weighted by atomic mass is 10.1. The standard InChI is InChI=1S/C25H27F2N3O4/c1-5-32-22-12-20(10-11-21(22)33-24(26)27)30(15-17-13-28-16-29-14-17)19-8-6-18(7-9-19)23(31)34-25(2,3)4/h6-14,16,24H,5,15H2,1-4H3. The summed E-state index contributed by atoms with van der Waals surface area (Å²) in [4.78, 5) is 22.4. The van der Waals surface area contributed by atoms with Crippen LogP contribution in [0.2, 0.25) is 0 Å². The highest BCUT2D eigenvalue weighted by Gasteiger charge is 2.20. The number of carbonyl (C=O) groups excluding carboxylic acids is 1. The lowest BCUT2D eigenvalue weighted by Gasteiger charge is -2.26. The van der Waals surface area contributed by atoms with Crippen molar-refractivity contribution in [1.29, 1.82) is 0 Å². The van der Waals surface area contributed by atoms with Crippen molar-refractivity contribution in [3.05, 3.63) is 72.3 Å². The average molecular weight is 472 g/mol. The maximum atomic E-state index is 12.8. The fourth-order valence-corrected chi connectivity index (χ4v) is 3.17. The van der Waals surface area contributed by atoms with Gasteiger partial charge >= 0.3 is 12.6 Å². The van der Waals surface area contributed by atoms with Crippen molar-refractivity contribution in [2.24, 2.45) is 0 Å². The summed E-state index contributed by atoms with van der Waals surface area (Å²) < 4.78 is 41.2. The molecule has 0 unspecified atom stereocenters. The molecule has 0 bridgehead atoms. The van der Waals surface area contributed by atoms with Crippen molar-refractivity contribution in [1.82, 2.24) is 9.97 Å². The van der Waals surface area contributed by atoms with E-state index in [-0.39, 0.29) is 18.1 Å². The molecular formula is C25H27F2N3O4. The zero-order valence-electron chi connectivity index (χ0n) is 19.5. The van der Waals surface area contributed by atoms with E-state index in [4.69, 9.17) is 9.47 Å². The smallest absolute Gasteiger partial charge is 0.387 e. The third-order valence-electron chi connectivity index (χ3n) is 4.52. The number of halogens is 2. The molecule has 0 aliphatic carbocycles. The molecule has 0 amide bonds. The zero-order chi connectivity index (χ0) is 24.7. The summed E-state index contributed by atoms with van der Waals surface area (Å²) in [6, 6.07) is 11.7. The van der Waals surface area contributed by atoms with Crippen LogP contribution in [-0.4, -0.2) is 34.8 Å². The Kier molecular flexibility index (Phi) is 7.99. The van der Waals surface area contributed by atoms with Crippen LogP contribution in [0.25, 0.3) is 0 Å². The fraction of sp³-hybridized carbons (Fsp3) is 0.320. The van der Waals surface area contributed by atoms with Crippen LogP contribution in [0.15, 0.2) is 61.2 Å². The zero-order valence-corrected chi connectivity index (χ0v) is 19.5. The number of rotatable bonds is 9. The summed E-state index contributed by atoms with van der Waals surface area (Å²) in [5, 5.41) is 0. The molecule has 0 N–H and O–H groups in total. The van der Waals surface area contributed by atoms with Crippen molar-refractivity contribution in [3.63, 3.8) is 0 Å².